The molecule has 0 fully saturated rings. The molecule has 0 bridgehead atoms. The van der Waals surface area contributed by atoms with Crippen molar-refractivity contribution in [2.75, 3.05) is 23.9 Å². The molecular formula is C23H24N2O5S2. The molecule has 2 aromatic carbocycles. The summed E-state index contributed by atoms with van der Waals surface area (Å²) >= 11 is -1.09. The molecular weight excluding hydrogens is 448 g/mol. The highest BCUT2D eigenvalue weighted by Crippen LogP contribution is 2.34. The van der Waals surface area contributed by atoms with Crippen LogP contribution in [0.25, 0.3) is 0 Å². The minimum absolute atomic E-state index is 0.106. The minimum atomic E-state index is -2.28. The fourth-order valence-electron chi connectivity index (χ4n) is 3.23. The molecule has 3 rings (SSSR count). The molecule has 9 heteroatoms. The van der Waals surface area contributed by atoms with Crippen molar-refractivity contribution in [3.63, 3.8) is 0 Å². The van der Waals surface area contributed by atoms with Crippen LogP contribution in [0.15, 0.2) is 60.0 Å². The van der Waals surface area contributed by atoms with Crippen LogP contribution in [0.3, 0.4) is 0 Å². The first-order valence-corrected chi connectivity index (χ1v) is 11.9. The fourth-order valence-corrected chi connectivity index (χ4v) is 4.94. The summed E-state index contributed by atoms with van der Waals surface area (Å²) in [6.45, 7) is 3.89. The topological polar surface area (TPSA) is 95.9 Å². The molecule has 1 heterocycles. The first-order chi connectivity index (χ1) is 15.3. The summed E-state index contributed by atoms with van der Waals surface area (Å²) in [6.07, 6.45) is 0. The molecule has 2 N–H and O–H groups in total. The Morgan fingerprint density at radius 3 is 2.53 bits per heavy atom. The van der Waals surface area contributed by atoms with E-state index >= 15 is 0 Å². The Bertz CT molecular complexity index is 1130. The van der Waals surface area contributed by atoms with Gasteiger partial charge in [0.25, 0.3) is 5.91 Å². The zero-order valence-electron chi connectivity index (χ0n) is 17.9. The Hall–Kier alpha value is -3.01. The van der Waals surface area contributed by atoms with E-state index in [1.807, 2.05) is 6.92 Å². The van der Waals surface area contributed by atoms with E-state index in [1.165, 1.54) is 18.3 Å². The lowest BCUT2D eigenvalue weighted by atomic mass is 10.1. The van der Waals surface area contributed by atoms with Crippen LogP contribution in [0, 0.1) is 0 Å². The maximum Gasteiger partial charge on any atom is 0.266 e. The number of rotatable bonds is 9. The number of thiophene rings is 1. The number of hydrogen-bond acceptors (Lipinski definition) is 6. The SMILES string of the molecule is CCOc1ccc(N(C)C(c2ccsc2C(=O)Nc2cccc(C(C)=O)c2)S(=O)O)cc1. The van der Waals surface area contributed by atoms with Gasteiger partial charge in [-0.15, -0.1) is 11.3 Å². The summed E-state index contributed by atoms with van der Waals surface area (Å²) in [4.78, 5) is 26.6. The molecule has 0 aliphatic heterocycles. The number of nitrogens with one attached hydrogen (secondary N) is 1. The van der Waals surface area contributed by atoms with Crippen molar-refractivity contribution in [3.05, 3.63) is 76.0 Å². The highest BCUT2D eigenvalue weighted by Gasteiger charge is 2.29. The molecule has 1 amide bonds. The number of hydrogen-bond donors (Lipinski definition) is 2. The molecule has 2 unspecified atom stereocenters. The smallest absolute Gasteiger partial charge is 0.266 e. The van der Waals surface area contributed by atoms with Crippen molar-refractivity contribution in [1.82, 2.24) is 0 Å². The van der Waals surface area contributed by atoms with Crippen molar-refractivity contribution in [3.8, 4) is 5.75 Å². The van der Waals surface area contributed by atoms with Gasteiger partial charge >= 0.3 is 0 Å². The lowest BCUT2D eigenvalue weighted by Crippen LogP contribution is -2.29. The highest BCUT2D eigenvalue weighted by molar-refractivity contribution is 7.79. The van der Waals surface area contributed by atoms with Crippen LogP contribution in [0.1, 0.15) is 44.8 Å². The van der Waals surface area contributed by atoms with E-state index < -0.39 is 22.4 Å². The minimum Gasteiger partial charge on any atom is -0.494 e. The van der Waals surface area contributed by atoms with Crippen LogP contribution in [-0.2, 0) is 11.1 Å². The van der Waals surface area contributed by atoms with Gasteiger partial charge in [-0.3, -0.25) is 9.59 Å². The summed E-state index contributed by atoms with van der Waals surface area (Å²) in [5.41, 5.74) is 2.10. The maximum atomic E-state index is 13.0. The van der Waals surface area contributed by atoms with Crippen LogP contribution in [0.4, 0.5) is 11.4 Å². The molecule has 32 heavy (non-hydrogen) atoms. The van der Waals surface area contributed by atoms with Gasteiger partial charge in [0.15, 0.2) is 22.2 Å². The third-order valence-electron chi connectivity index (χ3n) is 4.79. The molecule has 0 aliphatic carbocycles. The summed E-state index contributed by atoms with van der Waals surface area (Å²) in [7, 11) is 1.70. The summed E-state index contributed by atoms with van der Waals surface area (Å²) in [5.74, 6) is 0.187. The van der Waals surface area contributed by atoms with Gasteiger partial charge in [-0.2, -0.15) is 0 Å². The molecule has 3 aromatic rings. The molecule has 0 radical (unpaired) electrons. The van der Waals surface area contributed by atoms with E-state index in [9.17, 15) is 18.4 Å². The average molecular weight is 473 g/mol. The highest BCUT2D eigenvalue weighted by atomic mass is 32.2. The number of Topliss-reactive ketones (excluding diaryl/α,β-unsaturated/α-hetero) is 1. The van der Waals surface area contributed by atoms with Crippen LogP contribution in [0.2, 0.25) is 0 Å². The Morgan fingerprint density at radius 1 is 1.19 bits per heavy atom. The third-order valence-corrected chi connectivity index (χ3v) is 6.67. The Balaban J connectivity index is 1.87. The summed E-state index contributed by atoms with van der Waals surface area (Å²) in [5, 5.41) is 3.53. The molecule has 0 spiro atoms. The first-order valence-electron chi connectivity index (χ1n) is 9.87. The number of amides is 1. The third kappa shape index (κ3) is 5.42. The number of nitrogens with zero attached hydrogens (tertiary/aromatic N) is 1. The molecule has 0 saturated carbocycles. The van der Waals surface area contributed by atoms with Crippen molar-refractivity contribution >= 4 is 45.5 Å². The standard InChI is InChI=1S/C23H24N2O5S2/c1-4-30-19-10-8-18(9-11-19)25(3)23(32(28)29)20-12-13-31-21(20)22(27)24-17-7-5-6-16(14-17)15(2)26/h5-14,23H,4H2,1-3H3,(H,24,27)(H,28,29). The Kier molecular flexibility index (Phi) is 7.79. The van der Waals surface area contributed by atoms with Gasteiger partial charge in [-0.25, -0.2) is 4.21 Å². The number of ketones is 1. The molecule has 168 valence electrons. The van der Waals surface area contributed by atoms with E-state index in [0.29, 0.717) is 39.7 Å². The van der Waals surface area contributed by atoms with Gasteiger partial charge in [0.05, 0.1) is 11.5 Å². The van der Waals surface area contributed by atoms with E-state index in [1.54, 1.807) is 71.9 Å². The van der Waals surface area contributed by atoms with E-state index in [4.69, 9.17) is 4.74 Å². The van der Waals surface area contributed by atoms with Gasteiger partial charge in [0.2, 0.25) is 0 Å². The second kappa shape index (κ2) is 10.5. The molecule has 0 aliphatic rings. The normalized spacial score (nSPS) is 12.6. The van der Waals surface area contributed by atoms with E-state index in [-0.39, 0.29) is 5.78 Å². The predicted molar refractivity (Wildman–Crippen MR) is 128 cm³/mol. The van der Waals surface area contributed by atoms with Crippen molar-refractivity contribution in [2.24, 2.45) is 0 Å². The lowest BCUT2D eigenvalue weighted by Gasteiger charge is -2.27. The molecule has 7 nitrogen and oxygen atoms in total. The number of benzene rings is 2. The zero-order chi connectivity index (χ0) is 23.3. The predicted octanol–water partition coefficient (Wildman–Crippen LogP) is 4.96. The largest absolute Gasteiger partial charge is 0.494 e. The van der Waals surface area contributed by atoms with Gasteiger partial charge in [-0.05, 0) is 61.7 Å². The van der Waals surface area contributed by atoms with E-state index in [0.717, 1.165) is 0 Å². The average Bonchev–Trinajstić information content (AvgIpc) is 3.24. The second-order valence-electron chi connectivity index (χ2n) is 6.96. The van der Waals surface area contributed by atoms with Crippen LogP contribution >= 0.6 is 11.3 Å². The van der Waals surface area contributed by atoms with Gasteiger partial charge in [0, 0.05) is 29.5 Å². The molecule has 2 atom stereocenters. The zero-order valence-corrected chi connectivity index (χ0v) is 19.5. The quantitative estimate of drug-likeness (QED) is 0.338. The lowest BCUT2D eigenvalue weighted by molar-refractivity contribution is 0.101. The Morgan fingerprint density at radius 2 is 1.91 bits per heavy atom. The second-order valence-corrected chi connectivity index (χ2v) is 8.88. The fraction of sp³-hybridized carbons (Fsp3) is 0.217. The molecule has 1 aromatic heterocycles. The number of carbonyl (C=O) groups excluding carboxylic acids is 2. The van der Waals surface area contributed by atoms with Gasteiger partial charge in [0.1, 0.15) is 5.75 Å². The van der Waals surface area contributed by atoms with E-state index in [2.05, 4.69) is 5.32 Å². The Labute approximate surface area is 193 Å². The maximum absolute atomic E-state index is 13.0. The van der Waals surface area contributed by atoms with Gasteiger partial charge < -0.3 is 19.5 Å². The van der Waals surface area contributed by atoms with Gasteiger partial charge in [-0.1, -0.05) is 12.1 Å². The van der Waals surface area contributed by atoms with Crippen LogP contribution in [-0.4, -0.2) is 34.1 Å². The molecule has 0 saturated heterocycles. The first kappa shape index (κ1) is 23.6. The number of carbonyl (C=O) groups is 2. The summed E-state index contributed by atoms with van der Waals surface area (Å²) < 4.78 is 27.9. The number of ether oxygens (including phenoxy) is 1. The number of anilines is 2. The monoisotopic (exact) mass is 472 g/mol. The van der Waals surface area contributed by atoms with Crippen LogP contribution < -0.4 is 15.0 Å². The van der Waals surface area contributed by atoms with Crippen LogP contribution in [0.5, 0.6) is 5.75 Å². The van der Waals surface area contributed by atoms with Crippen molar-refractivity contribution in [2.45, 2.75) is 19.2 Å². The van der Waals surface area contributed by atoms with Crippen molar-refractivity contribution in [1.29, 1.82) is 0 Å². The summed E-state index contributed by atoms with van der Waals surface area (Å²) in [6, 6.07) is 15.5. The van der Waals surface area contributed by atoms with Crippen molar-refractivity contribution < 1.29 is 23.1 Å².